The van der Waals surface area contributed by atoms with Crippen molar-refractivity contribution in [1.82, 2.24) is 5.32 Å². The van der Waals surface area contributed by atoms with Crippen molar-refractivity contribution in [2.45, 2.75) is 12.8 Å². The Hall–Kier alpha value is -1.41. The lowest BCUT2D eigenvalue weighted by Gasteiger charge is -2.04. The Labute approximate surface area is 95.8 Å². The third-order valence-corrected chi connectivity index (χ3v) is 2.31. The average Bonchev–Trinajstić information content (AvgIpc) is 2.35. The van der Waals surface area contributed by atoms with Crippen LogP contribution in [0.15, 0.2) is 30.3 Å². The van der Waals surface area contributed by atoms with E-state index >= 15 is 0 Å². The average molecular weight is 219 g/mol. The summed E-state index contributed by atoms with van der Waals surface area (Å²) in [4.78, 5) is 10.8. The van der Waals surface area contributed by atoms with Crippen LogP contribution in [0.1, 0.15) is 18.4 Å². The highest BCUT2D eigenvalue weighted by molar-refractivity contribution is 5.87. The highest BCUT2D eigenvalue weighted by atomic mass is 16.3. The second-order valence-corrected chi connectivity index (χ2v) is 3.52. The van der Waals surface area contributed by atoms with Crippen molar-refractivity contribution in [3.63, 3.8) is 0 Å². The molecule has 86 valence electrons. The van der Waals surface area contributed by atoms with E-state index in [-0.39, 0.29) is 6.61 Å². The first-order chi connectivity index (χ1) is 7.88. The molecule has 0 aliphatic heterocycles. The molecule has 2 N–H and O–H groups in total. The van der Waals surface area contributed by atoms with Crippen LogP contribution in [0, 0.1) is 0 Å². The minimum atomic E-state index is 0.148. The lowest BCUT2D eigenvalue weighted by molar-refractivity contribution is 0.292. The van der Waals surface area contributed by atoms with Gasteiger partial charge >= 0.3 is 0 Å². The zero-order valence-electron chi connectivity index (χ0n) is 9.28. The monoisotopic (exact) mass is 219 g/mol. The van der Waals surface area contributed by atoms with Crippen LogP contribution in [-0.4, -0.2) is 30.7 Å². The van der Waals surface area contributed by atoms with Crippen LogP contribution in [-0.2, 0) is 4.79 Å². The SMILES string of the molecule is O=C=C(CCCNCCO)c1ccccc1. The summed E-state index contributed by atoms with van der Waals surface area (Å²) < 4.78 is 0. The highest BCUT2D eigenvalue weighted by Crippen LogP contribution is 2.15. The molecule has 1 aromatic rings. The summed E-state index contributed by atoms with van der Waals surface area (Å²) >= 11 is 0. The Morgan fingerprint density at radius 1 is 1.25 bits per heavy atom. The molecule has 16 heavy (non-hydrogen) atoms. The molecule has 0 aliphatic carbocycles. The topological polar surface area (TPSA) is 49.3 Å². The fraction of sp³-hybridized carbons (Fsp3) is 0.385. The molecule has 3 heteroatoms. The molecule has 0 saturated carbocycles. The van der Waals surface area contributed by atoms with Gasteiger partial charge in [-0.2, -0.15) is 0 Å². The van der Waals surface area contributed by atoms with E-state index in [1.807, 2.05) is 36.3 Å². The number of hydrogen-bond acceptors (Lipinski definition) is 3. The number of aliphatic hydroxyl groups is 1. The van der Waals surface area contributed by atoms with E-state index in [1.165, 1.54) is 0 Å². The van der Waals surface area contributed by atoms with E-state index in [1.54, 1.807) is 0 Å². The standard InChI is InChI=1S/C13H17NO2/c15-10-9-14-8-4-7-13(11-16)12-5-2-1-3-6-12/h1-3,5-6,14-15H,4,7-10H2. The Morgan fingerprint density at radius 3 is 2.62 bits per heavy atom. The summed E-state index contributed by atoms with van der Waals surface area (Å²) in [6.07, 6.45) is 1.59. The van der Waals surface area contributed by atoms with Crippen LogP contribution in [0.25, 0.3) is 5.57 Å². The lowest BCUT2D eigenvalue weighted by Crippen LogP contribution is -2.19. The molecule has 3 nitrogen and oxygen atoms in total. The van der Waals surface area contributed by atoms with Crippen LogP contribution >= 0.6 is 0 Å². The van der Waals surface area contributed by atoms with Crippen LogP contribution in [0.4, 0.5) is 0 Å². The van der Waals surface area contributed by atoms with Gasteiger partial charge in [0, 0.05) is 12.1 Å². The molecule has 0 unspecified atom stereocenters. The predicted octanol–water partition coefficient (Wildman–Crippen LogP) is 1.26. The summed E-state index contributed by atoms with van der Waals surface area (Å²) in [5.41, 5.74) is 1.66. The Balaban J connectivity index is 2.37. The van der Waals surface area contributed by atoms with E-state index in [2.05, 4.69) is 5.32 Å². The second-order valence-electron chi connectivity index (χ2n) is 3.52. The smallest absolute Gasteiger partial charge is 0.128 e. The molecule has 0 aromatic heterocycles. The first-order valence-electron chi connectivity index (χ1n) is 5.49. The van der Waals surface area contributed by atoms with Gasteiger partial charge in [-0.25, -0.2) is 4.79 Å². The molecule has 0 radical (unpaired) electrons. The Kier molecular flexibility index (Phi) is 6.19. The van der Waals surface area contributed by atoms with Gasteiger partial charge in [0.1, 0.15) is 5.94 Å². The summed E-state index contributed by atoms with van der Waals surface area (Å²) in [7, 11) is 0. The molecule has 0 atom stereocenters. The molecular weight excluding hydrogens is 202 g/mol. The number of carbonyl (C=O) groups excluding carboxylic acids is 1. The molecule has 0 heterocycles. The number of allylic oxidation sites excluding steroid dienone is 1. The van der Waals surface area contributed by atoms with Gasteiger partial charge in [0.2, 0.25) is 0 Å². The number of benzene rings is 1. The Morgan fingerprint density at radius 2 is 2.00 bits per heavy atom. The zero-order chi connectivity index (χ0) is 11.6. The molecule has 0 spiro atoms. The maximum absolute atomic E-state index is 10.8. The van der Waals surface area contributed by atoms with E-state index in [9.17, 15) is 4.79 Å². The van der Waals surface area contributed by atoms with E-state index in [4.69, 9.17) is 5.11 Å². The summed E-state index contributed by atoms with van der Waals surface area (Å²) in [5.74, 6) is 2.00. The van der Waals surface area contributed by atoms with Gasteiger partial charge in [0.25, 0.3) is 0 Å². The van der Waals surface area contributed by atoms with E-state index in [0.717, 1.165) is 18.5 Å². The molecule has 1 rings (SSSR count). The predicted molar refractivity (Wildman–Crippen MR) is 64.7 cm³/mol. The Bertz CT molecular complexity index is 342. The number of nitrogens with one attached hydrogen (secondary N) is 1. The fourth-order valence-electron chi connectivity index (χ4n) is 1.49. The molecule has 0 aliphatic rings. The van der Waals surface area contributed by atoms with Crippen molar-refractivity contribution in [2.75, 3.05) is 19.7 Å². The highest BCUT2D eigenvalue weighted by Gasteiger charge is 2.01. The molecule has 0 saturated heterocycles. The molecule has 0 fully saturated rings. The minimum absolute atomic E-state index is 0.148. The second kappa shape index (κ2) is 7.83. The first kappa shape index (κ1) is 12.7. The van der Waals surface area contributed by atoms with E-state index < -0.39 is 0 Å². The molecule has 0 bridgehead atoms. The van der Waals surface area contributed by atoms with Gasteiger partial charge in [-0.15, -0.1) is 0 Å². The summed E-state index contributed by atoms with van der Waals surface area (Å²) in [6, 6.07) is 9.59. The summed E-state index contributed by atoms with van der Waals surface area (Å²) in [6.45, 7) is 1.55. The third-order valence-electron chi connectivity index (χ3n) is 2.31. The van der Waals surface area contributed by atoms with Crippen LogP contribution < -0.4 is 5.32 Å². The van der Waals surface area contributed by atoms with Gasteiger partial charge in [0.05, 0.1) is 6.61 Å². The van der Waals surface area contributed by atoms with Crippen LogP contribution in [0.3, 0.4) is 0 Å². The first-order valence-corrected chi connectivity index (χ1v) is 5.49. The summed E-state index contributed by atoms with van der Waals surface area (Å²) in [5, 5.41) is 11.6. The zero-order valence-corrected chi connectivity index (χ0v) is 9.28. The lowest BCUT2D eigenvalue weighted by atomic mass is 10.0. The normalized spacial score (nSPS) is 9.81. The van der Waals surface area contributed by atoms with Crippen molar-refractivity contribution < 1.29 is 9.90 Å². The van der Waals surface area contributed by atoms with Gasteiger partial charge in [-0.1, -0.05) is 30.3 Å². The largest absolute Gasteiger partial charge is 0.395 e. The minimum Gasteiger partial charge on any atom is -0.395 e. The molecular formula is C13H17NO2. The van der Waals surface area contributed by atoms with Crippen LogP contribution in [0.5, 0.6) is 0 Å². The number of aliphatic hydroxyl groups excluding tert-OH is 1. The maximum Gasteiger partial charge on any atom is 0.128 e. The third kappa shape index (κ3) is 4.41. The van der Waals surface area contributed by atoms with Gasteiger partial charge < -0.3 is 10.4 Å². The van der Waals surface area contributed by atoms with E-state index in [0.29, 0.717) is 18.5 Å². The van der Waals surface area contributed by atoms with Crippen LogP contribution in [0.2, 0.25) is 0 Å². The fourth-order valence-corrected chi connectivity index (χ4v) is 1.49. The maximum atomic E-state index is 10.8. The van der Waals surface area contributed by atoms with Gasteiger partial charge in [-0.3, -0.25) is 0 Å². The molecule has 1 aromatic carbocycles. The number of hydrogen-bond donors (Lipinski definition) is 2. The quantitative estimate of drug-likeness (QED) is 0.536. The van der Waals surface area contributed by atoms with Gasteiger partial charge in [-0.05, 0) is 24.9 Å². The van der Waals surface area contributed by atoms with Crippen molar-refractivity contribution in [2.24, 2.45) is 0 Å². The molecule has 0 amide bonds. The van der Waals surface area contributed by atoms with Crippen molar-refractivity contribution >= 4 is 11.5 Å². The number of rotatable bonds is 7. The van der Waals surface area contributed by atoms with Gasteiger partial charge in [0.15, 0.2) is 0 Å². The van der Waals surface area contributed by atoms with Crippen molar-refractivity contribution in [1.29, 1.82) is 0 Å². The van der Waals surface area contributed by atoms with Crippen molar-refractivity contribution in [3.8, 4) is 0 Å². The van der Waals surface area contributed by atoms with Crippen molar-refractivity contribution in [3.05, 3.63) is 35.9 Å².